The molecule has 0 aliphatic heterocycles. The molecule has 3 aromatic rings. The number of fused-ring (bicyclic) bond motifs is 1. The zero-order valence-corrected chi connectivity index (χ0v) is 11.4. The third-order valence-corrected chi connectivity index (χ3v) is 3.23. The molecule has 0 aliphatic rings. The Labute approximate surface area is 121 Å². The van der Waals surface area contributed by atoms with Gasteiger partial charge in [-0.2, -0.15) is 0 Å². The second-order valence-electron chi connectivity index (χ2n) is 4.32. The van der Waals surface area contributed by atoms with Crippen molar-refractivity contribution in [1.29, 1.82) is 0 Å². The largest absolute Gasteiger partial charge is 0.389 e. The first kappa shape index (κ1) is 12.5. The molecule has 0 saturated carbocycles. The Morgan fingerprint density at radius 2 is 2.00 bits per heavy atom. The summed E-state index contributed by atoms with van der Waals surface area (Å²) in [5.41, 5.74) is 7.30. The first-order chi connectivity index (χ1) is 9.74. The van der Waals surface area contributed by atoms with Gasteiger partial charge < -0.3 is 11.1 Å². The second kappa shape index (κ2) is 5.22. The summed E-state index contributed by atoms with van der Waals surface area (Å²) in [5, 5.41) is 5.47. The van der Waals surface area contributed by atoms with Gasteiger partial charge in [0.2, 0.25) is 0 Å². The van der Waals surface area contributed by atoms with Gasteiger partial charge in [-0.25, -0.2) is 4.98 Å². The second-order valence-corrected chi connectivity index (χ2v) is 4.76. The van der Waals surface area contributed by atoms with Crippen molar-refractivity contribution in [3.8, 4) is 0 Å². The van der Waals surface area contributed by atoms with E-state index in [-0.39, 0.29) is 0 Å². The molecular formula is C15H12N4S. The molecule has 4 nitrogen and oxygen atoms in total. The number of hydrogen-bond acceptors (Lipinski definition) is 4. The number of benzene rings is 1. The molecular weight excluding hydrogens is 268 g/mol. The number of pyridine rings is 2. The van der Waals surface area contributed by atoms with Gasteiger partial charge in [-0.3, -0.25) is 4.98 Å². The van der Waals surface area contributed by atoms with Crippen molar-refractivity contribution in [3.63, 3.8) is 0 Å². The van der Waals surface area contributed by atoms with E-state index in [9.17, 15) is 0 Å². The molecule has 0 spiro atoms. The fourth-order valence-corrected chi connectivity index (χ4v) is 2.10. The Balaban J connectivity index is 1.95. The Morgan fingerprint density at radius 3 is 2.75 bits per heavy atom. The molecule has 2 aromatic heterocycles. The van der Waals surface area contributed by atoms with E-state index in [2.05, 4.69) is 15.3 Å². The molecule has 0 bridgehead atoms. The van der Waals surface area contributed by atoms with Crippen LogP contribution in [0.1, 0.15) is 5.56 Å². The number of nitrogens with two attached hydrogens (primary N) is 1. The Hall–Kier alpha value is -2.53. The van der Waals surface area contributed by atoms with Crippen LogP contribution >= 0.6 is 12.2 Å². The van der Waals surface area contributed by atoms with Crippen LogP contribution < -0.4 is 11.1 Å². The molecule has 0 aliphatic carbocycles. The summed E-state index contributed by atoms with van der Waals surface area (Å²) >= 11 is 4.91. The summed E-state index contributed by atoms with van der Waals surface area (Å²) < 4.78 is 0. The van der Waals surface area contributed by atoms with Crippen LogP contribution in [0, 0.1) is 0 Å². The van der Waals surface area contributed by atoms with E-state index in [1.165, 1.54) is 0 Å². The van der Waals surface area contributed by atoms with Gasteiger partial charge in [-0.1, -0.05) is 24.4 Å². The SMILES string of the molecule is NC(=S)c1ccc(Nc2cccc3cnccc23)nc1. The molecule has 0 unspecified atom stereocenters. The number of aromatic nitrogens is 2. The predicted molar refractivity (Wildman–Crippen MR) is 85.2 cm³/mol. The number of hydrogen-bond donors (Lipinski definition) is 2. The van der Waals surface area contributed by atoms with E-state index >= 15 is 0 Å². The molecule has 3 N–H and O–H groups in total. The number of anilines is 2. The summed E-state index contributed by atoms with van der Waals surface area (Å²) in [6.07, 6.45) is 5.28. The van der Waals surface area contributed by atoms with Crippen LogP contribution in [0.3, 0.4) is 0 Å². The van der Waals surface area contributed by atoms with Crippen molar-refractivity contribution >= 4 is 39.5 Å². The molecule has 3 rings (SSSR count). The van der Waals surface area contributed by atoms with Gasteiger partial charge in [0.1, 0.15) is 10.8 Å². The maximum Gasteiger partial charge on any atom is 0.130 e. The number of rotatable bonds is 3. The van der Waals surface area contributed by atoms with E-state index in [0.29, 0.717) is 4.99 Å². The van der Waals surface area contributed by atoms with Gasteiger partial charge in [0, 0.05) is 40.6 Å². The zero-order valence-electron chi connectivity index (χ0n) is 10.6. The molecule has 0 saturated heterocycles. The number of thiocarbonyl (C=S) groups is 1. The fraction of sp³-hybridized carbons (Fsp3) is 0. The zero-order chi connectivity index (χ0) is 13.9. The maximum absolute atomic E-state index is 5.55. The highest BCUT2D eigenvalue weighted by atomic mass is 32.1. The summed E-state index contributed by atoms with van der Waals surface area (Å²) in [5.74, 6) is 0.745. The quantitative estimate of drug-likeness (QED) is 0.722. The van der Waals surface area contributed by atoms with Crippen LogP contribution in [-0.2, 0) is 0 Å². The highest BCUT2D eigenvalue weighted by molar-refractivity contribution is 7.80. The lowest BCUT2D eigenvalue weighted by atomic mass is 10.1. The maximum atomic E-state index is 5.55. The first-order valence-electron chi connectivity index (χ1n) is 6.10. The summed E-state index contributed by atoms with van der Waals surface area (Å²) in [7, 11) is 0. The van der Waals surface area contributed by atoms with Crippen LogP contribution in [0.5, 0.6) is 0 Å². The molecule has 98 valence electrons. The number of nitrogens with one attached hydrogen (secondary N) is 1. The lowest BCUT2D eigenvalue weighted by Crippen LogP contribution is -2.09. The monoisotopic (exact) mass is 280 g/mol. The lowest BCUT2D eigenvalue weighted by Gasteiger charge is -2.09. The smallest absolute Gasteiger partial charge is 0.130 e. The summed E-state index contributed by atoms with van der Waals surface area (Å²) in [4.78, 5) is 8.78. The molecule has 0 radical (unpaired) electrons. The predicted octanol–water partition coefficient (Wildman–Crippen LogP) is 3.01. The van der Waals surface area contributed by atoms with E-state index in [1.54, 1.807) is 12.4 Å². The molecule has 20 heavy (non-hydrogen) atoms. The summed E-state index contributed by atoms with van der Waals surface area (Å²) in [6, 6.07) is 11.7. The van der Waals surface area contributed by atoms with Gasteiger partial charge >= 0.3 is 0 Å². The minimum Gasteiger partial charge on any atom is -0.389 e. The minimum absolute atomic E-state index is 0.347. The van der Waals surface area contributed by atoms with Crippen molar-refractivity contribution < 1.29 is 0 Å². The average Bonchev–Trinajstić information content (AvgIpc) is 2.48. The van der Waals surface area contributed by atoms with Crippen LogP contribution in [0.25, 0.3) is 10.8 Å². The topological polar surface area (TPSA) is 63.8 Å². The van der Waals surface area contributed by atoms with E-state index < -0.39 is 0 Å². The molecule has 0 fully saturated rings. The Kier molecular flexibility index (Phi) is 3.26. The Bertz CT molecular complexity index is 763. The van der Waals surface area contributed by atoms with E-state index in [1.807, 2.05) is 42.6 Å². The normalized spacial score (nSPS) is 10.4. The fourth-order valence-electron chi connectivity index (χ4n) is 1.98. The average molecular weight is 280 g/mol. The van der Waals surface area contributed by atoms with E-state index in [0.717, 1.165) is 27.8 Å². The third-order valence-electron chi connectivity index (χ3n) is 2.99. The van der Waals surface area contributed by atoms with Crippen LogP contribution in [0.2, 0.25) is 0 Å². The highest BCUT2D eigenvalue weighted by Crippen LogP contribution is 2.24. The minimum atomic E-state index is 0.347. The van der Waals surface area contributed by atoms with Gasteiger partial charge in [-0.05, 0) is 24.3 Å². The van der Waals surface area contributed by atoms with Gasteiger partial charge in [0.15, 0.2) is 0 Å². The van der Waals surface area contributed by atoms with Crippen molar-refractivity contribution in [3.05, 3.63) is 60.6 Å². The molecule has 5 heteroatoms. The summed E-state index contributed by atoms with van der Waals surface area (Å²) in [6.45, 7) is 0. The van der Waals surface area contributed by atoms with Crippen LogP contribution in [0.15, 0.2) is 55.0 Å². The van der Waals surface area contributed by atoms with Crippen molar-refractivity contribution in [2.75, 3.05) is 5.32 Å². The van der Waals surface area contributed by atoms with Crippen molar-refractivity contribution in [2.45, 2.75) is 0 Å². The van der Waals surface area contributed by atoms with Crippen molar-refractivity contribution in [2.24, 2.45) is 5.73 Å². The Morgan fingerprint density at radius 1 is 1.10 bits per heavy atom. The molecule has 1 aromatic carbocycles. The lowest BCUT2D eigenvalue weighted by molar-refractivity contribution is 1.30. The van der Waals surface area contributed by atoms with Gasteiger partial charge in [0.05, 0.1) is 0 Å². The standard InChI is InChI=1S/C15H12N4S/c16-15(20)11-4-5-14(18-9-11)19-13-3-1-2-10-8-17-7-6-12(10)13/h1-9H,(H2,16,20)(H,18,19). The van der Waals surface area contributed by atoms with Gasteiger partial charge in [0.25, 0.3) is 0 Å². The molecule has 2 heterocycles. The molecule has 0 atom stereocenters. The molecule has 0 amide bonds. The highest BCUT2D eigenvalue weighted by Gasteiger charge is 2.02. The van der Waals surface area contributed by atoms with Gasteiger partial charge in [-0.15, -0.1) is 0 Å². The first-order valence-corrected chi connectivity index (χ1v) is 6.50. The van der Waals surface area contributed by atoms with Crippen molar-refractivity contribution in [1.82, 2.24) is 9.97 Å². The van der Waals surface area contributed by atoms with E-state index in [4.69, 9.17) is 18.0 Å². The van der Waals surface area contributed by atoms with Crippen LogP contribution in [0.4, 0.5) is 11.5 Å². The van der Waals surface area contributed by atoms with Crippen LogP contribution in [-0.4, -0.2) is 15.0 Å². The third kappa shape index (κ3) is 2.44. The number of nitrogens with zero attached hydrogens (tertiary/aromatic N) is 2.